The molecule has 2 heterocycles. The third-order valence-corrected chi connectivity index (χ3v) is 6.59. The number of terminal acetylenes is 1. The molecule has 10 heteroatoms. The topological polar surface area (TPSA) is 93.2 Å². The van der Waals surface area contributed by atoms with Crippen molar-refractivity contribution in [1.29, 1.82) is 0 Å². The van der Waals surface area contributed by atoms with Gasteiger partial charge in [0.05, 0.1) is 29.1 Å². The molecule has 1 aromatic carbocycles. The zero-order chi connectivity index (χ0) is 25.5. The fraction of sp³-hybridized carbons (Fsp3) is 0.480. The van der Waals surface area contributed by atoms with E-state index < -0.39 is 29.0 Å². The molecule has 2 aliphatic rings. The van der Waals surface area contributed by atoms with Crippen LogP contribution < -0.4 is 11.1 Å². The molecule has 186 valence electrons. The largest absolute Gasteiger partial charge is 0.435 e. The third kappa shape index (κ3) is 5.05. The van der Waals surface area contributed by atoms with Gasteiger partial charge in [-0.05, 0) is 42.9 Å². The average molecular weight is 488 g/mol. The lowest BCUT2D eigenvalue weighted by atomic mass is 9.75. The molecule has 1 saturated heterocycles. The SMILES string of the molecule is C#CCN1CCC(Nc2cc(-n3nc(C(F)(F)F)c4c3CC(C)(C)CC4=O)ccc2C(N)=O)CC1. The number of amides is 1. The number of rotatable bonds is 5. The number of halogens is 3. The summed E-state index contributed by atoms with van der Waals surface area (Å²) in [7, 11) is 0. The molecule has 35 heavy (non-hydrogen) atoms. The average Bonchev–Trinajstić information content (AvgIpc) is 3.14. The first-order valence-corrected chi connectivity index (χ1v) is 11.5. The number of likely N-dealkylation sites (tertiary alicyclic amines) is 1. The fourth-order valence-electron chi connectivity index (χ4n) is 4.94. The summed E-state index contributed by atoms with van der Waals surface area (Å²) >= 11 is 0. The number of nitrogens with zero attached hydrogens (tertiary/aromatic N) is 3. The number of anilines is 1. The van der Waals surface area contributed by atoms with Gasteiger partial charge in [-0.2, -0.15) is 18.3 Å². The first-order chi connectivity index (χ1) is 16.4. The Hall–Kier alpha value is -3.32. The second-order valence-corrected chi connectivity index (χ2v) is 10.0. The van der Waals surface area contributed by atoms with Crippen LogP contribution >= 0.6 is 0 Å². The van der Waals surface area contributed by atoms with Gasteiger partial charge >= 0.3 is 6.18 Å². The van der Waals surface area contributed by atoms with Crippen LogP contribution in [0.1, 0.15) is 65.2 Å². The van der Waals surface area contributed by atoms with Crippen molar-refractivity contribution in [1.82, 2.24) is 14.7 Å². The number of Topliss-reactive ketones (excluding diaryl/α,β-unsaturated/α-hetero) is 1. The van der Waals surface area contributed by atoms with E-state index >= 15 is 0 Å². The number of alkyl halides is 3. The fourth-order valence-corrected chi connectivity index (χ4v) is 4.94. The van der Waals surface area contributed by atoms with Crippen LogP contribution in [0.2, 0.25) is 0 Å². The molecule has 2 aromatic rings. The molecule has 0 saturated carbocycles. The molecule has 4 rings (SSSR count). The van der Waals surface area contributed by atoms with Crippen molar-refractivity contribution in [2.45, 2.75) is 51.7 Å². The molecule has 1 aromatic heterocycles. The Morgan fingerprint density at radius 3 is 2.57 bits per heavy atom. The number of ketones is 1. The Kier molecular flexibility index (Phi) is 6.40. The lowest BCUT2D eigenvalue weighted by Gasteiger charge is -2.32. The van der Waals surface area contributed by atoms with Gasteiger partial charge < -0.3 is 11.1 Å². The first-order valence-electron chi connectivity index (χ1n) is 11.5. The van der Waals surface area contributed by atoms with Crippen molar-refractivity contribution in [2.24, 2.45) is 11.1 Å². The zero-order valence-corrected chi connectivity index (χ0v) is 19.7. The maximum absolute atomic E-state index is 13.8. The summed E-state index contributed by atoms with van der Waals surface area (Å²) in [5.74, 6) is 1.41. The normalized spacial score (nSPS) is 18.7. The van der Waals surface area contributed by atoms with E-state index in [-0.39, 0.29) is 35.7 Å². The van der Waals surface area contributed by atoms with E-state index in [0.29, 0.717) is 17.9 Å². The number of carbonyl (C=O) groups excluding carboxylic acids is 2. The van der Waals surface area contributed by atoms with Gasteiger partial charge in [-0.3, -0.25) is 14.5 Å². The number of fused-ring (bicyclic) bond motifs is 1. The number of hydrogen-bond acceptors (Lipinski definition) is 5. The second kappa shape index (κ2) is 9.04. The molecule has 1 fully saturated rings. The van der Waals surface area contributed by atoms with Crippen LogP contribution in [0.3, 0.4) is 0 Å². The van der Waals surface area contributed by atoms with Crippen LogP contribution in [-0.2, 0) is 12.6 Å². The highest BCUT2D eigenvalue weighted by Gasteiger charge is 2.45. The Balaban J connectivity index is 1.74. The van der Waals surface area contributed by atoms with E-state index in [2.05, 4.69) is 21.2 Å². The molecule has 3 N–H and O–H groups in total. The molecule has 0 spiro atoms. The van der Waals surface area contributed by atoms with E-state index in [0.717, 1.165) is 25.9 Å². The van der Waals surface area contributed by atoms with Gasteiger partial charge in [0.15, 0.2) is 11.5 Å². The quantitative estimate of drug-likeness (QED) is 0.628. The third-order valence-electron chi connectivity index (χ3n) is 6.59. The van der Waals surface area contributed by atoms with Gasteiger partial charge in [0.1, 0.15) is 0 Å². The number of hydrogen-bond donors (Lipinski definition) is 2. The van der Waals surface area contributed by atoms with Crippen molar-refractivity contribution in [3.63, 3.8) is 0 Å². The Morgan fingerprint density at radius 1 is 1.29 bits per heavy atom. The number of primary amides is 1. The van der Waals surface area contributed by atoms with E-state index in [1.165, 1.54) is 16.8 Å². The van der Waals surface area contributed by atoms with Crippen LogP contribution in [0.4, 0.5) is 18.9 Å². The van der Waals surface area contributed by atoms with E-state index in [1.54, 1.807) is 6.07 Å². The number of aromatic nitrogens is 2. The Labute approximate surface area is 201 Å². The van der Waals surface area contributed by atoms with E-state index in [4.69, 9.17) is 12.2 Å². The summed E-state index contributed by atoms with van der Waals surface area (Å²) in [5, 5.41) is 7.18. The van der Waals surface area contributed by atoms with Crippen molar-refractivity contribution in [3.05, 3.63) is 40.7 Å². The summed E-state index contributed by atoms with van der Waals surface area (Å²) in [6.07, 6.45) is 2.45. The van der Waals surface area contributed by atoms with Crippen molar-refractivity contribution < 1.29 is 22.8 Å². The van der Waals surface area contributed by atoms with Gasteiger partial charge in [-0.15, -0.1) is 6.42 Å². The summed E-state index contributed by atoms with van der Waals surface area (Å²) in [6, 6.07) is 4.59. The highest BCUT2D eigenvalue weighted by molar-refractivity contribution is 6.00. The van der Waals surface area contributed by atoms with Crippen LogP contribution in [0.25, 0.3) is 5.69 Å². The number of nitrogens with two attached hydrogens (primary N) is 1. The first kappa shape index (κ1) is 24.8. The molecular formula is C25H28F3N5O2. The van der Waals surface area contributed by atoms with Crippen LogP contribution in [0.15, 0.2) is 18.2 Å². The predicted molar refractivity (Wildman–Crippen MR) is 125 cm³/mol. The summed E-state index contributed by atoms with van der Waals surface area (Å²) in [4.78, 5) is 26.9. The molecule has 0 atom stereocenters. The molecule has 0 bridgehead atoms. The van der Waals surface area contributed by atoms with E-state index in [1.807, 2.05) is 13.8 Å². The molecule has 1 aliphatic heterocycles. The highest BCUT2D eigenvalue weighted by Crippen LogP contribution is 2.42. The smallest absolute Gasteiger partial charge is 0.382 e. The lowest BCUT2D eigenvalue weighted by Crippen LogP contribution is -2.39. The summed E-state index contributed by atoms with van der Waals surface area (Å²) in [6.45, 7) is 5.82. The minimum absolute atomic E-state index is 0.0145. The molecular weight excluding hydrogens is 459 g/mol. The number of nitrogens with one attached hydrogen (secondary N) is 1. The molecule has 1 amide bonds. The van der Waals surface area contributed by atoms with Crippen LogP contribution in [0.5, 0.6) is 0 Å². The van der Waals surface area contributed by atoms with Crippen LogP contribution in [-0.4, -0.2) is 52.0 Å². The summed E-state index contributed by atoms with van der Waals surface area (Å²) in [5.41, 5.74) is 4.71. The van der Waals surface area contributed by atoms with Gasteiger partial charge in [0, 0.05) is 31.2 Å². The van der Waals surface area contributed by atoms with Gasteiger partial charge in [0.25, 0.3) is 5.91 Å². The Bertz CT molecular complexity index is 1200. The monoisotopic (exact) mass is 487 g/mol. The minimum Gasteiger partial charge on any atom is -0.382 e. The highest BCUT2D eigenvalue weighted by atomic mass is 19.4. The van der Waals surface area contributed by atoms with Crippen molar-refractivity contribution >= 4 is 17.4 Å². The number of benzene rings is 1. The van der Waals surface area contributed by atoms with Gasteiger partial charge in [-0.25, -0.2) is 4.68 Å². The van der Waals surface area contributed by atoms with Crippen molar-refractivity contribution in [3.8, 4) is 18.0 Å². The standard InChI is InChI=1S/C25H28F3N5O2/c1-4-9-32-10-7-15(8-11-32)30-18-12-16(5-6-17(18)23(29)35)33-19-13-24(2,3)14-20(34)21(19)22(31-33)25(26,27)28/h1,5-6,12,15,30H,7-11,13-14H2,2-3H3,(H2,29,35). The molecule has 0 radical (unpaired) electrons. The molecule has 7 nitrogen and oxygen atoms in total. The Morgan fingerprint density at radius 2 is 1.97 bits per heavy atom. The minimum atomic E-state index is -4.77. The number of piperidine rings is 1. The van der Waals surface area contributed by atoms with Gasteiger partial charge in [0.2, 0.25) is 0 Å². The van der Waals surface area contributed by atoms with Crippen molar-refractivity contribution in [2.75, 3.05) is 25.0 Å². The predicted octanol–water partition coefficient (Wildman–Crippen LogP) is 3.65. The molecule has 0 unspecified atom stereocenters. The summed E-state index contributed by atoms with van der Waals surface area (Å²) < 4.78 is 42.6. The number of carbonyl (C=O) groups is 2. The maximum Gasteiger partial charge on any atom is 0.435 e. The lowest BCUT2D eigenvalue weighted by molar-refractivity contribution is -0.141. The van der Waals surface area contributed by atoms with Crippen LogP contribution in [0, 0.1) is 17.8 Å². The zero-order valence-electron chi connectivity index (χ0n) is 19.7. The molecule has 1 aliphatic carbocycles. The maximum atomic E-state index is 13.8. The second-order valence-electron chi connectivity index (χ2n) is 10.0. The van der Waals surface area contributed by atoms with E-state index in [9.17, 15) is 22.8 Å². The van der Waals surface area contributed by atoms with Gasteiger partial charge in [-0.1, -0.05) is 19.8 Å².